The van der Waals surface area contributed by atoms with E-state index in [0.29, 0.717) is 18.5 Å². The van der Waals surface area contributed by atoms with E-state index in [1.165, 1.54) is 6.42 Å². The summed E-state index contributed by atoms with van der Waals surface area (Å²) in [6.07, 6.45) is 3.00. The maximum atomic E-state index is 4.61. The van der Waals surface area contributed by atoms with Crippen molar-refractivity contribution in [3.8, 4) is 0 Å². The number of thioether (sulfide) groups is 1. The zero-order chi connectivity index (χ0) is 13.0. The van der Waals surface area contributed by atoms with Crippen LogP contribution >= 0.6 is 11.8 Å². The lowest BCUT2D eigenvalue weighted by Crippen LogP contribution is -2.41. The topological polar surface area (TPSA) is 50.2 Å². The molecule has 1 unspecified atom stereocenters. The van der Waals surface area contributed by atoms with E-state index in [-0.39, 0.29) is 0 Å². The van der Waals surface area contributed by atoms with Crippen molar-refractivity contribution in [2.24, 2.45) is 10.9 Å². The molecule has 1 fully saturated rings. The maximum absolute atomic E-state index is 4.61. The number of hydrogen-bond acceptors (Lipinski definition) is 4. The first-order chi connectivity index (χ1) is 8.65. The van der Waals surface area contributed by atoms with Crippen LogP contribution in [0.4, 0.5) is 0 Å². The van der Waals surface area contributed by atoms with E-state index in [0.717, 1.165) is 22.4 Å². The molecule has 18 heavy (non-hydrogen) atoms. The van der Waals surface area contributed by atoms with Gasteiger partial charge in [0.2, 0.25) is 0 Å². The van der Waals surface area contributed by atoms with Crippen molar-refractivity contribution < 1.29 is 0 Å². The van der Waals surface area contributed by atoms with Crippen molar-refractivity contribution in [1.82, 2.24) is 15.3 Å². The molecule has 1 aromatic rings. The second-order valence-corrected chi connectivity index (χ2v) is 5.93. The number of rotatable bonds is 3. The van der Waals surface area contributed by atoms with Gasteiger partial charge in [0, 0.05) is 18.0 Å². The highest BCUT2D eigenvalue weighted by Crippen LogP contribution is 2.19. The normalized spacial score (nSPS) is 22.2. The van der Waals surface area contributed by atoms with Gasteiger partial charge in [-0.05, 0) is 25.3 Å². The molecular weight excluding hydrogens is 244 g/mol. The molecular formula is C13H20N4S. The van der Waals surface area contributed by atoms with E-state index in [4.69, 9.17) is 0 Å². The summed E-state index contributed by atoms with van der Waals surface area (Å²) in [6, 6.07) is 2.47. The Morgan fingerprint density at radius 1 is 1.56 bits per heavy atom. The molecule has 0 amide bonds. The summed E-state index contributed by atoms with van der Waals surface area (Å²) in [5, 5.41) is 4.56. The number of hydrogen-bond donors (Lipinski definition) is 1. The molecule has 1 aliphatic rings. The minimum Gasteiger partial charge on any atom is -0.362 e. The van der Waals surface area contributed by atoms with Crippen molar-refractivity contribution in [3.05, 3.63) is 23.8 Å². The van der Waals surface area contributed by atoms with E-state index in [1.807, 2.05) is 13.0 Å². The minimum atomic E-state index is 0.553. The summed E-state index contributed by atoms with van der Waals surface area (Å²) in [5.74, 6) is 2.60. The van der Waals surface area contributed by atoms with Gasteiger partial charge in [-0.2, -0.15) is 0 Å². The van der Waals surface area contributed by atoms with Gasteiger partial charge in [-0.25, -0.2) is 9.97 Å². The maximum Gasteiger partial charge on any atom is 0.157 e. The highest BCUT2D eigenvalue weighted by atomic mass is 32.2. The molecule has 1 N–H and O–H groups in total. The molecule has 0 aromatic carbocycles. The second-order valence-electron chi connectivity index (χ2n) is 4.85. The Labute approximate surface area is 113 Å². The van der Waals surface area contributed by atoms with Crippen molar-refractivity contribution >= 4 is 16.9 Å². The summed E-state index contributed by atoms with van der Waals surface area (Å²) in [7, 11) is 0. The molecule has 0 radical (unpaired) electrons. The van der Waals surface area contributed by atoms with Crippen LogP contribution in [-0.2, 0) is 6.54 Å². The van der Waals surface area contributed by atoms with E-state index in [9.17, 15) is 0 Å². The van der Waals surface area contributed by atoms with Crippen molar-refractivity contribution in [2.45, 2.75) is 39.8 Å². The third kappa shape index (κ3) is 3.70. The van der Waals surface area contributed by atoms with Gasteiger partial charge in [0.25, 0.3) is 0 Å². The van der Waals surface area contributed by atoms with Crippen LogP contribution in [0.2, 0.25) is 0 Å². The first-order valence-electron chi connectivity index (χ1n) is 6.37. The lowest BCUT2D eigenvalue weighted by molar-refractivity contribution is 0.442. The first kappa shape index (κ1) is 13.3. The molecule has 0 saturated carbocycles. The van der Waals surface area contributed by atoms with E-state index < -0.39 is 0 Å². The summed E-state index contributed by atoms with van der Waals surface area (Å²) >= 11 is 1.80. The molecule has 0 aliphatic carbocycles. The molecule has 1 aliphatic heterocycles. The van der Waals surface area contributed by atoms with E-state index in [1.54, 1.807) is 18.0 Å². The molecule has 98 valence electrons. The highest BCUT2D eigenvalue weighted by Gasteiger charge is 2.19. The lowest BCUT2D eigenvalue weighted by atomic mass is 10.0. The van der Waals surface area contributed by atoms with Crippen LogP contribution < -0.4 is 5.32 Å². The van der Waals surface area contributed by atoms with Gasteiger partial charge in [-0.3, -0.25) is 4.99 Å². The molecule has 0 bridgehead atoms. The molecule has 0 spiro atoms. The van der Waals surface area contributed by atoms with Gasteiger partial charge in [-0.15, -0.1) is 0 Å². The number of amidine groups is 1. The molecule has 1 aromatic heterocycles. The monoisotopic (exact) mass is 264 g/mol. The van der Waals surface area contributed by atoms with Gasteiger partial charge < -0.3 is 5.32 Å². The fraction of sp³-hybridized carbons (Fsp3) is 0.615. The van der Waals surface area contributed by atoms with Crippen LogP contribution in [0.15, 0.2) is 17.3 Å². The fourth-order valence-corrected chi connectivity index (χ4v) is 2.85. The van der Waals surface area contributed by atoms with Crippen molar-refractivity contribution in [1.29, 1.82) is 0 Å². The zero-order valence-electron chi connectivity index (χ0n) is 11.2. The highest BCUT2D eigenvalue weighted by molar-refractivity contribution is 8.13. The Hall–Kier alpha value is -1.10. The zero-order valence-corrected chi connectivity index (χ0v) is 12.0. The van der Waals surface area contributed by atoms with Crippen molar-refractivity contribution in [2.75, 3.05) is 5.75 Å². The summed E-state index contributed by atoms with van der Waals surface area (Å²) < 4.78 is 0. The van der Waals surface area contributed by atoms with Crippen LogP contribution in [-0.4, -0.2) is 26.9 Å². The summed E-state index contributed by atoms with van der Waals surface area (Å²) in [6.45, 7) is 7.03. The average Bonchev–Trinajstić information content (AvgIpc) is 2.37. The van der Waals surface area contributed by atoms with Crippen LogP contribution in [0, 0.1) is 12.8 Å². The second kappa shape index (κ2) is 6.18. The summed E-state index contributed by atoms with van der Waals surface area (Å²) in [5.41, 5.74) is 0.976. The third-order valence-electron chi connectivity index (χ3n) is 3.00. The molecule has 2 rings (SSSR count). The lowest BCUT2D eigenvalue weighted by Gasteiger charge is -2.28. The minimum absolute atomic E-state index is 0.553. The smallest absolute Gasteiger partial charge is 0.157 e. The Kier molecular flexibility index (Phi) is 4.58. The Bertz CT molecular complexity index is 431. The first-order valence-corrected chi connectivity index (χ1v) is 7.36. The number of nitrogens with zero attached hydrogens (tertiary/aromatic N) is 3. The number of aryl methyl sites for hydroxylation is 1. The fourth-order valence-electron chi connectivity index (χ4n) is 1.89. The SMILES string of the molecule is Cc1nccc(CN=C2NC(C(C)C)CCS2)n1. The molecule has 1 atom stereocenters. The number of nitrogens with one attached hydrogen (secondary N) is 1. The van der Waals surface area contributed by atoms with Gasteiger partial charge in [-0.1, -0.05) is 25.6 Å². The molecule has 2 heterocycles. The number of aromatic nitrogens is 2. The standard InChI is InChI=1S/C13H20N4S/c1-9(2)12-5-7-18-13(17-12)15-8-11-4-6-14-10(3)16-11/h4,6,9,12H,5,7-8H2,1-3H3,(H,15,17). The van der Waals surface area contributed by atoms with Gasteiger partial charge in [0.05, 0.1) is 12.2 Å². The van der Waals surface area contributed by atoms with E-state index >= 15 is 0 Å². The summed E-state index contributed by atoms with van der Waals surface area (Å²) in [4.78, 5) is 13.1. The van der Waals surface area contributed by atoms with Gasteiger partial charge in [0.1, 0.15) is 5.82 Å². The predicted octanol–water partition coefficient (Wildman–Crippen LogP) is 2.39. The van der Waals surface area contributed by atoms with Crippen molar-refractivity contribution in [3.63, 3.8) is 0 Å². The Morgan fingerprint density at radius 2 is 2.39 bits per heavy atom. The largest absolute Gasteiger partial charge is 0.362 e. The molecule has 4 nitrogen and oxygen atoms in total. The third-order valence-corrected chi connectivity index (χ3v) is 3.96. The predicted molar refractivity (Wildman–Crippen MR) is 76.7 cm³/mol. The van der Waals surface area contributed by atoms with Crippen LogP contribution in [0.5, 0.6) is 0 Å². The number of aliphatic imine (C=N–C) groups is 1. The Morgan fingerprint density at radius 3 is 3.11 bits per heavy atom. The van der Waals surface area contributed by atoms with Gasteiger partial charge in [0.15, 0.2) is 5.17 Å². The van der Waals surface area contributed by atoms with Crippen LogP contribution in [0.3, 0.4) is 0 Å². The molecule has 1 saturated heterocycles. The average molecular weight is 264 g/mol. The molecule has 5 heteroatoms. The van der Waals surface area contributed by atoms with Crippen LogP contribution in [0.25, 0.3) is 0 Å². The van der Waals surface area contributed by atoms with E-state index in [2.05, 4.69) is 34.1 Å². The Balaban J connectivity index is 1.96. The van der Waals surface area contributed by atoms with Gasteiger partial charge >= 0.3 is 0 Å². The van der Waals surface area contributed by atoms with Crippen LogP contribution in [0.1, 0.15) is 31.8 Å². The quantitative estimate of drug-likeness (QED) is 0.910.